The fourth-order valence-corrected chi connectivity index (χ4v) is 3.18. The van der Waals surface area contributed by atoms with Crippen molar-refractivity contribution in [2.75, 3.05) is 6.61 Å². The molecule has 0 aliphatic carbocycles. The van der Waals surface area contributed by atoms with Gasteiger partial charge in [0.15, 0.2) is 0 Å². The largest absolute Gasteiger partial charge is 0.396 e. The number of aliphatic hydroxyl groups is 1. The van der Waals surface area contributed by atoms with Gasteiger partial charge in [0, 0.05) is 6.61 Å². The summed E-state index contributed by atoms with van der Waals surface area (Å²) < 4.78 is 13.5. The van der Waals surface area contributed by atoms with Crippen LogP contribution >= 0.6 is 0 Å². The Bertz CT molecular complexity index is 208. The normalized spacial score (nSPS) is 12.7. The van der Waals surface area contributed by atoms with Gasteiger partial charge in [-0.2, -0.15) is 0 Å². The maximum absolute atomic E-state index is 13.5. The molecule has 0 aromatic carbocycles. The van der Waals surface area contributed by atoms with Crippen molar-refractivity contribution < 1.29 is 9.50 Å². The zero-order valence-electron chi connectivity index (χ0n) is 15.8. The Morgan fingerprint density at radius 3 is 1.30 bits per heavy atom. The van der Waals surface area contributed by atoms with E-state index < -0.39 is 6.17 Å². The smallest absolute Gasteiger partial charge is 0.100 e. The van der Waals surface area contributed by atoms with Gasteiger partial charge in [-0.25, -0.2) is 4.39 Å². The van der Waals surface area contributed by atoms with E-state index in [4.69, 9.17) is 5.11 Å². The lowest BCUT2D eigenvalue weighted by Gasteiger charge is -2.07. The summed E-state index contributed by atoms with van der Waals surface area (Å²) in [5, 5.41) is 8.67. The highest BCUT2D eigenvalue weighted by Gasteiger charge is 2.05. The molecule has 0 fully saturated rings. The van der Waals surface area contributed by atoms with Gasteiger partial charge in [-0.15, -0.1) is 0 Å². The molecule has 0 aromatic rings. The Hall–Kier alpha value is -0.110. The van der Waals surface area contributed by atoms with E-state index in [1.165, 1.54) is 83.5 Å². The summed E-state index contributed by atoms with van der Waals surface area (Å²) in [6.07, 6.45) is 21.2. The van der Waals surface area contributed by atoms with Gasteiger partial charge in [0.25, 0.3) is 0 Å². The van der Waals surface area contributed by atoms with Crippen LogP contribution < -0.4 is 0 Å². The summed E-state index contributed by atoms with van der Waals surface area (Å²) in [5.41, 5.74) is 0. The van der Waals surface area contributed by atoms with Crippen LogP contribution in [0.1, 0.15) is 122 Å². The van der Waals surface area contributed by atoms with E-state index in [2.05, 4.69) is 6.92 Å². The molecule has 0 radical (unpaired) electrons. The Kier molecular flexibility index (Phi) is 19.8. The van der Waals surface area contributed by atoms with Gasteiger partial charge in [0.05, 0.1) is 0 Å². The number of hydrogen-bond acceptors (Lipinski definition) is 1. The summed E-state index contributed by atoms with van der Waals surface area (Å²) in [7, 11) is 0. The molecule has 0 heterocycles. The minimum Gasteiger partial charge on any atom is -0.396 e. The first-order valence-electron chi connectivity index (χ1n) is 10.6. The van der Waals surface area contributed by atoms with Gasteiger partial charge in [-0.1, -0.05) is 96.8 Å². The first-order valence-corrected chi connectivity index (χ1v) is 10.6. The zero-order chi connectivity index (χ0) is 17.0. The number of alkyl halides is 1. The van der Waals surface area contributed by atoms with Crippen LogP contribution in [0.25, 0.3) is 0 Å². The van der Waals surface area contributed by atoms with Crippen LogP contribution in [0.2, 0.25) is 0 Å². The van der Waals surface area contributed by atoms with Crippen LogP contribution in [-0.4, -0.2) is 17.9 Å². The fraction of sp³-hybridized carbons (Fsp3) is 1.00. The average molecular weight is 331 g/mol. The number of halogens is 1. The molecule has 0 rings (SSSR count). The predicted molar refractivity (Wildman–Crippen MR) is 101 cm³/mol. The third-order valence-corrected chi connectivity index (χ3v) is 4.80. The van der Waals surface area contributed by atoms with Gasteiger partial charge in [-0.3, -0.25) is 0 Å². The highest BCUT2D eigenvalue weighted by Crippen LogP contribution is 2.16. The number of unbranched alkanes of at least 4 members (excludes halogenated alkanes) is 14. The standard InChI is InChI=1S/C21H43FO/c1-2-3-4-5-6-7-8-9-10-11-12-13-14-15-18-21(22)19-16-17-20-23/h21,23H,2-20H2,1H3/t21-/m0/s1. The van der Waals surface area contributed by atoms with E-state index in [1.807, 2.05) is 0 Å². The van der Waals surface area contributed by atoms with Crippen LogP contribution in [-0.2, 0) is 0 Å². The van der Waals surface area contributed by atoms with E-state index in [1.54, 1.807) is 0 Å². The lowest BCUT2D eigenvalue weighted by molar-refractivity contribution is 0.251. The number of aliphatic hydroxyl groups excluding tert-OH is 1. The average Bonchev–Trinajstić information content (AvgIpc) is 2.55. The van der Waals surface area contributed by atoms with E-state index in [9.17, 15) is 4.39 Å². The summed E-state index contributed by atoms with van der Waals surface area (Å²) in [4.78, 5) is 0. The van der Waals surface area contributed by atoms with E-state index >= 15 is 0 Å². The second-order valence-corrected chi connectivity index (χ2v) is 7.20. The third-order valence-electron chi connectivity index (χ3n) is 4.80. The van der Waals surface area contributed by atoms with Gasteiger partial charge >= 0.3 is 0 Å². The summed E-state index contributed by atoms with van der Waals surface area (Å²) in [6, 6.07) is 0. The minimum atomic E-state index is -0.640. The molecule has 0 unspecified atom stereocenters. The molecule has 0 spiro atoms. The highest BCUT2D eigenvalue weighted by molar-refractivity contribution is 4.57. The minimum absolute atomic E-state index is 0.200. The Morgan fingerprint density at radius 1 is 0.565 bits per heavy atom. The molecule has 0 saturated carbocycles. The lowest BCUT2D eigenvalue weighted by atomic mass is 10.0. The molecular weight excluding hydrogens is 287 g/mol. The van der Waals surface area contributed by atoms with Crippen molar-refractivity contribution >= 4 is 0 Å². The van der Waals surface area contributed by atoms with Gasteiger partial charge < -0.3 is 5.11 Å². The zero-order valence-corrected chi connectivity index (χ0v) is 15.8. The summed E-state index contributed by atoms with van der Waals surface area (Å²) >= 11 is 0. The molecule has 0 aliphatic heterocycles. The SMILES string of the molecule is CCCCCCCCCCCCCCCC[C@H](F)CCCCO. The second kappa shape index (κ2) is 19.9. The Morgan fingerprint density at radius 2 is 0.913 bits per heavy atom. The maximum Gasteiger partial charge on any atom is 0.100 e. The quantitative estimate of drug-likeness (QED) is 0.245. The van der Waals surface area contributed by atoms with Gasteiger partial charge in [-0.05, 0) is 25.7 Å². The monoisotopic (exact) mass is 330 g/mol. The van der Waals surface area contributed by atoms with Gasteiger partial charge in [0.1, 0.15) is 6.17 Å². The predicted octanol–water partition coefficient (Wildman–Crippen LogP) is 7.36. The Balaban J connectivity index is 3.05. The molecule has 23 heavy (non-hydrogen) atoms. The van der Waals surface area contributed by atoms with E-state index in [0.29, 0.717) is 6.42 Å². The van der Waals surface area contributed by atoms with Crippen LogP contribution in [0.4, 0.5) is 4.39 Å². The molecular formula is C21H43FO. The number of rotatable bonds is 19. The summed E-state index contributed by atoms with van der Waals surface area (Å²) in [5.74, 6) is 0. The second-order valence-electron chi connectivity index (χ2n) is 7.20. The first kappa shape index (κ1) is 22.9. The third kappa shape index (κ3) is 19.8. The number of hydrogen-bond donors (Lipinski definition) is 1. The molecule has 0 saturated heterocycles. The van der Waals surface area contributed by atoms with Crippen LogP contribution in [0.15, 0.2) is 0 Å². The van der Waals surface area contributed by atoms with Crippen LogP contribution in [0.3, 0.4) is 0 Å². The molecule has 1 nitrogen and oxygen atoms in total. The maximum atomic E-state index is 13.5. The molecule has 0 amide bonds. The van der Waals surface area contributed by atoms with Crippen molar-refractivity contribution in [3.8, 4) is 0 Å². The molecule has 1 N–H and O–H groups in total. The lowest BCUT2D eigenvalue weighted by Crippen LogP contribution is -2.00. The first-order chi connectivity index (χ1) is 11.3. The van der Waals surface area contributed by atoms with Gasteiger partial charge in [0.2, 0.25) is 0 Å². The highest BCUT2D eigenvalue weighted by atomic mass is 19.1. The molecule has 2 heteroatoms. The van der Waals surface area contributed by atoms with Crippen molar-refractivity contribution in [3.63, 3.8) is 0 Å². The van der Waals surface area contributed by atoms with Crippen LogP contribution in [0.5, 0.6) is 0 Å². The van der Waals surface area contributed by atoms with Crippen molar-refractivity contribution in [2.24, 2.45) is 0 Å². The molecule has 140 valence electrons. The van der Waals surface area contributed by atoms with Crippen molar-refractivity contribution in [2.45, 2.75) is 129 Å². The van der Waals surface area contributed by atoms with Crippen molar-refractivity contribution in [1.29, 1.82) is 0 Å². The fourth-order valence-electron chi connectivity index (χ4n) is 3.18. The van der Waals surface area contributed by atoms with Crippen LogP contribution in [0, 0.1) is 0 Å². The molecule has 0 bridgehead atoms. The molecule has 0 aliphatic rings. The van der Waals surface area contributed by atoms with E-state index in [0.717, 1.165) is 25.7 Å². The van der Waals surface area contributed by atoms with Crippen molar-refractivity contribution in [1.82, 2.24) is 0 Å². The molecule has 0 aromatic heterocycles. The van der Waals surface area contributed by atoms with Crippen molar-refractivity contribution in [3.05, 3.63) is 0 Å². The molecule has 1 atom stereocenters. The van der Waals surface area contributed by atoms with E-state index in [-0.39, 0.29) is 6.61 Å². The Labute approximate surface area is 145 Å². The topological polar surface area (TPSA) is 20.2 Å². The summed E-state index contributed by atoms with van der Waals surface area (Å²) in [6.45, 7) is 2.47.